The molecule has 13 heavy (non-hydrogen) atoms. The Hall–Kier alpha value is 0.440. The summed E-state index contributed by atoms with van der Waals surface area (Å²) in [5, 5.41) is 1.12. The molecule has 1 saturated carbocycles. The zero-order valence-corrected chi connectivity index (χ0v) is 10.2. The topological polar surface area (TPSA) is 9.23 Å². The molecule has 0 aromatic rings. The molecule has 0 aliphatic heterocycles. The summed E-state index contributed by atoms with van der Waals surface area (Å²) in [6, 6.07) is 0. The van der Waals surface area contributed by atoms with Crippen molar-refractivity contribution in [2.24, 2.45) is 11.8 Å². The highest BCUT2D eigenvalue weighted by molar-refractivity contribution is 9.09. The third kappa shape index (κ3) is 6.50. The molecule has 0 spiro atoms. The molecule has 1 aliphatic carbocycles. The van der Waals surface area contributed by atoms with Crippen LogP contribution in [0.4, 0.5) is 0 Å². The van der Waals surface area contributed by atoms with Crippen LogP contribution in [-0.2, 0) is 4.74 Å². The molecule has 1 atom stereocenters. The van der Waals surface area contributed by atoms with Gasteiger partial charge in [-0.25, -0.2) is 0 Å². The Morgan fingerprint density at radius 3 is 2.69 bits per heavy atom. The standard InChI is InChI=1S/C11H21BrO/c1-10(4-7-12)5-8-13-9-6-11-2-3-11/h10-11H,2-9H2,1H3. The van der Waals surface area contributed by atoms with Crippen LogP contribution in [0.5, 0.6) is 0 Å². The zero-order valence-electron chi connectivity index (χ0n) is 8.60. The van der Waals surface area contributed by atoms with Gasteiger partial charge in [0.05, 0.1) is 0 Å². The average molecular weight is 249 g/mol. The van der Waals surface area contributed by atoms with Crippen LogP contribution in [0.1, 0.15) is 39.0 Å². The van der Waals surface area contributed by atoms with E-state index in [1.807, 2.05) is 0 Å². The molecule has 0 amide bonds. The fourth-order valence-corrected chi connectivity index (χ4v) is 2.16. The van der Waals surface area contributed by atoms with E-state index in [4.69, 9.17) is 4.74 Å². The van der Waals surface area contributed by atoms with E-state index in [2.05, 4.69) is 22.9 Å². The number of rotatable bonds is 8. The summed E-state index contributed by atoms with van der Waals surface area (Å²) in [5.41, 5.74) is 0. The molecular weight excluding hydrogens is 228 g/mol. The van der Waals surface area contributed by atoms with Gasteiger partial charge in [-0.1, -0.05) is 35.7 Å². The molecule has 1 nitrogen and oxygen atoms in total. The van der Waals surface area contributed by atoms with Crippen LogP contribution in [0, 0.1) is 11.8 Å². The van der Waals surface area contributed by atoms with Crippen molar-refractivity contribution in [2.75, 3.05) is 18.5 Å². The maximum atomic E-state index is 5.59. The molecule has 0 N–H and O–H groups in total. The molecular formula is C11H21BrO. The van der Waals surface area contributed by atoms with Crippen molar-refractivity contribution >= 4 is 15.9 Å². The van der Waals surface area contributed by atoms with Crippen LogP contribution in [-0.4, -0.2) is 18.5 Å². The predicted octanol–water partition coefficient (Wildman–Crippen LogP) is 3.61. The summed E-state index contributed by atoms with van der Waals surface area (Å²) in [7, 11) is 0. The van der Waals surface area contributed by atoms with Gasteiger partial charge in [0.15, 0.2) is 0 Å². The number of ether oxygens (including phenoxy) is 1. The minimum atomic E-state index is 0.806. The highest BCUT2D eigenvalue weighted by Gasteiger charge is 2.20. The lowest BCUT2D eigenvalue weighted by Gasteiger charge is -2.09. The van der Waals surface area contributed by atoms with E-state index in [1.54, 1.807) is 0 Å². The number of hydrogen-bond acceptors (Lipinski definition) is 1. The molecule has 1 unspecified atom stereocenters. The monoisotopic (exact) mass is 248 g/mol. The first-order valence-electron chi connectivity index (χ1n) is 5.46. The van der Waals surface area contributed by atoms with Gasteiger partial charge in [-0.3, -0.25) is 0 Å². The third-order valence-electron chi connectivity index (χ3n) is 2.72. The number of hydrogen-bond donors (Lipinski definition) is 0. The van der Waals surface area contributed by atoms with Crippen LogP contribution in [0.3, 0.4) is 0 Å². The lowest BCUT2D eigenvalue weighted by Crippen LogP contribution is -2.03. The first-order chi connectivity index (χ1) is 6.33. The summed E-state index contributed by atoms with van der Waals surface area (Å²) in [4.78, 5) is 0. The lowest BCUT2D eigenvalue weighted by atomic mass is 10.1. The van der Waals surface area contributed by atoms with Gasteiger partial charge in [-0.05, 0) is 31.1 Å². The third-order valence-corrected chi connectivity index (χ3v) is 3.18. The van der Waals surface area contributed by atoms with Gasteiger partial charge < -0.3 is 4.74 Å². The van der Waals surface area contributed by atoms with E-state index >= 15 is 0 Å². The first kappa shape index (κ1) is 11.5. The van der Waals surface area contributed by atoms with Crippen molar-refractivity contribution in [3.63, 3.8) is 0 Å². The maximum Gasteiger partial charge on any atom is 0.0468 e. The van der Waals surface area contributed by atoms with Crippen molar-refractivity contribution in [2.45, 2.75) is 39.0 Å². The summed E-state index contributed by atoms with van der Waals surface area (Å²) in [6.45, 7) is 4.25. The molecule has 1 fully saturated rings. The molecule has 0 bridgehead atoms. The van der Waals surface area contributed by atoms with Crippen molar-refractivity contribution in [3.05, 3.63) is 0 Å². The van der Waals surface area contributed by atoms with Gasteiger partial charge in [-0.15, -0.1) is 0 Å². The lowest BCUT2D eigenvalue weighted by molar-refractivity contribution is 0.116. The largest absolute Gasteiger partial charge is 0.381 e. The highest BCUT2D eigenvalue weighted by Crippen LogP contribution is 2.32. The normalized spacial score (nSPS) is 18.9. The Morgan fingerprint density at radius 2 is 2.08 bits per heavy atom. The summed E-state index contributed by atoms with van der Waals surface area (Å²) in [5.74, 6) is 1.82. The number of alkyl halides is 1. The van der Waals surface area contributed by atoms with Crippen LogP contribution in [0.25, 0.3) is 0 Å². The quantitative estimate of drug-likeness (QED) is 0.471. The first-order valence-corrected chi connectivity index (χ1v) is 6.58. The van der Waals surface area contributed by atoms with E-state index in [-0.39, 0.29) is 0 Å². The van der Waals surface area contributed by atoms with Crippen molar-refractivity contribution in [1.82, 2.24) is 0 Å². The van der Waals surface area contributed by atoms with Crippen LogP contribution < -0.4 is 0 Å². The fourth-order valence-electron chi connectivity index (χ4n) is 1.37. The molecule has 1 aliphatic rings. The molecule has 78 valence electrons. The van der Waals surface area contributed by atoms with Crippen LogP contribution >= 0.6 is 15.9 Å². The Kier molecular flexibility index (Phi) is 6.05. The highest BCUT2D eigenvalue weighted by atomic mass is 79.9. The van der Waals surface area contributed by atoms with Gasteiger partial charge in [0.2, 0.25) is 0 Å². The van der Waals surface area contributed by atoms with Crippen LogP contribution in [0.15, 0.2) is 0 Å². The molecule has 0 saturated heterocycles. The van der Waals surface area contributed by atoms with Gasteiger partial charge >= 0.3 is 0 Å². The van der Waals surface area contributed by atoms with Gasteiger partial charge in [0, 0.05) is 18.5 Å². The Morgan fingerprint density at radius 1 is 1.31 bits per heavy atom. The summed E-state index contributed by atoms with van der Waals surface area (Å²) < 4.78 is 5.59. The van der Waals surface area contributed by atoms with E-state index < -0.39 is 0 Å². The molecule has 0 heterocycles. The Labute approximate surface area is 90.4 Å². The fraction of sp³-hybridized carbons (Fsp3) is 1.00. The Balaban J connectivity index is 1.76. The smallest absolute Gasteiger partial charge is 0.0468 e. The molecule has 1 rings (SSSR count). The van der Waals surface area contributed by atoms with E-state index in [1.165, 1.54) is 32.1 Å². The molecule has 2 heteroatoms. The average Bonchev–Trinajstić information content (AvgIpc) is 2.88. The van der Waals surface area contributed by atoms with Gasteiger partial charge in [0.25, 0.3) is 0 Å². The second-order valence-corrected chi connectivity index (χ2v) is 5.01. The minimum Gasteiger partial charge on any atom is -0.381 e. The minimum absolute atomic E-state index is 0.806. The maximum absolute atomic E-state index is 5.59. The second kappa shape index (κ2) is 6.83. The van der Waals surface area contributed by atoms with E-state index in [0.717, 1.165) is 30.4 Å². The van der Waals surface area contributed by atoms with Gasteiger partial charge in [0.1, 0.15) is 0 Å². The zero-order chi connectivity index (χ0) is 9.52. The van der Waals surface area contributed by atoms with Crippen molar-refractivity contribution in [1.29, 1.82) is 0 Å². The second-order valence-electron chi connectivity index (χ2n) is 4.22. The SMILES string of the molecule is CC(CCBr)CCOCCC1CC1. The molecule has 0 aromatic heterocycles. The predicted molar refractivity (Wildman–Crippen MR) is 60.4 cm³/mol. The number of halogens is 1. The van der Waals surface area contributed by atoms with E-state index in [9.17, 15) is 0 Å². The summed E-state index contributed by atoms with van der Waals surface area (Å²) in [6.07, 6.45) is 6.68. The van der Waals surface area contributed by atoms with Crippen LogP contribution in [0.2, 0.25) is 0 Å². The van der Waals surface area contributed by atoms with Crippen molar-refractivity contribution < 1.29 is 4.74 Å². The van der Waals surface area contributed by atoms with E-state index in [0.29, 0.717) is 0 Å². The molecule has 0 radical (unpaired) electrons. The van der Waals surface area contributed by atoms with Gasteiger partial charge in [-0.2, -0.15) is 0 Å². The Bertz CT molecular complexity index is 123. The summed E-state index contributed by atoms with van der Waals surface area (Å²) >= 11 is 3.46. The molecule has 0 aromatic carbocycles. The van der Waals surface area contributed by atoms with Crippen molar-refractivity contribution in [3.8, 4) is 0 Å².